The van der Waals surface area contributed by atoms with Crippen LogP contribution in [0.4, 0.5) is 11.5 Å². The summed E-state index contributed by atoms with van der Waals surface area (Å²) < 4.78 is 0. The summed E-state index contributed by atoms with van der Waals surface area (Å²) in [5.41, 5.74) is 6.10. The Morgan fingerprint density at radius 3 is 3.00 bits per heavy atom. The molecular weight excluding hydrogens is 178 g/mol. The van der Waals surface area contributed by atoms with Gasteiger partial charge in [0.05, 0.1) is 12.7 Å². The minimum Gasteiger partial charge on any atom is -0.382 e. The number of nitrogen functional groups attached to an aromatic ring is 1. The zero-order valence-corrected chi connectivity index (χ0v) is 8.35. The molecule has 1 rings (SSSR count). The number of nitrogens with zero attached hydrogens (tertiary/aromatic N) is 4. The van der Waals surface area contributed by atoms with Crippen molar-refractivity contribution < 1.29 is 0 Å². The van der Waals surface area contributed by atoms with Crippen LogP contribution in [0.15, 0.2) is 22.8 Å². The van der Waals surface area contributed by atoms with E-state index in [1.54, 1.807) is 6.20 Å². The summed E-state index contributed by atoms with van der Waals surface area (Å²) in [4.78, 5) is 7.62. The normalized spacial score (nSPS) is 10.9. The zero-order valence-electron chi connectivity index (χ0n) is 8.35. The average molecular weight is 193 g/mol. The second-order valence-electron chi connectivity index (χ2n) is 2.97. The number of unbranched alkanes of at least 4 members (excludes halogenated alkanes) is 2. The van der Waals surface area contributed by atoms with Crippen molar-refractivity contribution in [1.82, 2.24) is 9.97 Å². The van der Waals surface area contributed by atoms with E-state index < -0.39 is 0 Å². The van der Waals surface area contributed by atoms with Crippen LogP contribution >= 0.6 is 0 Å². The highest BCUT2D eigenvalue weighted by Crippen LogP contribution is 2.16. The maximum Gasteiger partial charge on any atom is 0.154 e. The van der Waals surface area contributed by atoms with Crippen molar-refractivity contribution in [2.24, 2.45) is 10.2 Å². The molecule has 0 spiro atoms. The van der Waals surface area contributed by atoms with Gasteiger partial charge in [0.25, 0.3) is 0 Å². The molecule has 5 nitrogen and oxygen atoms in total. The van der Waals surface area contributed by atoms with Gasteiger partial charge < -0.3 is 5.73 Å². The fourth-order valence-electron chi connectivity index (χ4n) is 0.967. The molecule has 2 N–H and O–H groups in total. The highest BCUT2D eigenvalue weighted by atomic mass is 15.1. The maximum absolute atomic E-state index is 5.56. The predicted octanol–water partition coefficient (Wildman–Crippen LogP) is 2.33. The number of azo groups is 1. The Morgan fingerprint density at radius 2 is 2.29 bits per heavy atom. The molecule has 1 heterocycles. The van der Waals surface area contributed by atoms with Gasteiger partial charge in [-0.05, 0) is 6.42 Å². The number of aromatic nitrogens is 2. The first-order chi connectivity index (χ1) is 6.84. The number of hydrogen-bond donors (Lipinski definition) is 1. The maximum atomic E-state index is 5.56. The molecule has 0 aromatic carbocycles. The van der Waals surface area contributed by atoms with Gasteiger partial charge in [-0.1, -0.05) is 19.8 Å². The van der Waals surface area contributed by atoms with Crippen LogP contribution in [0.5, 0.6) is 0 Å². The molecule has 0 bridgehead atoms. The van der Waals surface area contributed by atoms with Crippen molar-refractivity contribution >= 4 is 11.5 Å². The SMILES string of the molecule is CCCCCN=Nc1cncnc1N. The van der Waals surface area contributed by atoms with Crippen LogP contribution in [0.25, 0.3) is 0 Å². The summed E-state index contributed by atoms with van der Waals surface area (Å²) in [7, 11) is 0. The third-order valence-corrected chi connectivity index (χ3v) is 1.76. The van der Waals surface area contributed by atoms with Gasteiger partial charge in [-0.2, -0.15) is 10.2 Å². The molecule has 0 aliphatic carbocycles. The van der Waals surface area contributed by atoms with E-state index in [0.29, 0.717) is 11.5 Å². The quantitative estimate of drug-likeness (QED) is 0.576. The van der Waals surface area contributed by atoms with Gasteiger partial charge >= 0.3 is 0 Å². The first kappa shape index (κ1) is 10.6. The minimum atomic E-state index is 0.374. The Bertz CT molecular complexity index is 297. The van der Waals surface area contributed by atoms with Crippen molar-refractivity contribution in [2.45, 2.75) is 26.2 Å². The van der Waals surface area contributed by atoms with E-state index in [4.69, 9.17) is 5.73 Å². The van der Waals surface area contributed by atoms with E-state index in [1.807, 2.05) is 0 Å². The second kappa shape index (κ2) is 6.01. The van der Waals surface area contributed by atoms with Crippen LogP contribution in [0.1, 0.15) is 26.2 Å². The molecule has 0 unspecified atom stereocenters. The van der Waals surface area contributed by atoms with Crippen molar-refractivity contribution in [1.29, 1.82) is 0 Å². The molecule has 0 saturated carbocycles. The summed E-state index contributed by atoms with van der Waals surface area (Å²) >= 11 is 0. The lowest BCUT2D eigenvalue weighted by Gasteiger charge is -1.95. The number of rotatable bonds is 5. The fourth-order valence-corrected chi connectivity index (χ4v) is 0.967. The standard InChI is InChI=1S/C9H15N5/c1-2-3-4-5-13-14-8-6-11-7-12-9(8)10/h6-7H,2-5H2,1H3,(H2,10,11,12). The number of nitrogens with two attached hydrogens (primary N) is 1. The molecule has 0 aliphatic rings. The molecule has 1 aromatic heterocycles. The molecular formula is C9H15N5. The van der Waals surface area contributed by atoms with Gasteiger partial charge in [-0.3, -0.25) is 0 Å². The predicted molar refractivity (Wildman–Crippen MR) is 55.4 cm³/mol. The van der Waals surface area contributed by atoms with E-state index in [0.717, 1.165) is 13.0 Å². The average Bonchev–Trinajstić information content (AvgIpc) is 2.20. The van der Waals surface area contributed by atoms with Gasteiger partial charge in [0.1, 0.15) is 12.0 Å². The summed E-state index contributed by atoms with van der Waals surface area (Å²) in [6.45, 7) is 2.89. The van der Waals surface area contributed by atoms with E-state index in [9.17, 15) is 0 Å². The van der Waals surface area contributed by atoms with Crippen LogP contribution in [0.2, 0.25) is 0 Å². The first-order valence-corrected chi connectivity index (χ1v) is 4.77. The summed E-state index contributed by atoms with van der Waals surface area (Å²) in [5.74, 6) is 0.374. The molecule has 5 heteroatoms. The fraction of sp³-hybridized carbons (Fsp3) is 0.556. The van der Waals surface area contributed by atoms with E-state index in [-0.39, 0.29) is 0 Å². The van der Waals surface area contributed by atoms with Gasteiger partial charge in [-0.15, -0.1) is 0 Å². The molecule has 0 atom stereocenters. The Hall–Kier alpha value is -1.52. The van der Waals surface area contributed by atoms with E-state index >= 15 is 0 Å². The first-order valence-electron chi connectivity index (χ1n) is 4.77. The highest BCUT2D eigenvalue weighted by Gasteiger charge is 1.95. The minimum absolute atomic E-state index is 0.374. The third kappa shape index (κ3) is 3.47. The van der Waals surface area contributed by atoms with Crippen molar-refractivity contribution in [3.63, 3.8) is 0 Å². The van der Waals surface area contributed by atoms with Crippen LogP contribution in [-0.4, -0.2) is 16.5 Å². The Balaban J connectivity index is 2.40. The monoisotopic (exact) mass is 193 g/mol. The van der Waals surface area contributed by atoms with Gasteiger partial charge in [0, 0.05) is 0 Å². The number of hydrogen-bond acceptors (Lipinski definition) is 5. The Labute approximate surface area is 83.5 Å². The molecule has 0 aliphatic heterocycles. The van der Waals surface area contributed by atoms with Crippen LogP contribution < -0.4 is 5.73 Å². The summed E-state index contributed by atoms with van der Waals surface area (Å²) in [6, 6.07) is 0. The van der Waals surface area contributed by atoms with Crippen LogP contribution in [0.3, 0.4) is 0 Å². The van der Waals surface area contributed by atoms with E-state index in [1.165, 1.54) is 19.2 Å². The number of anilines is 1. The molecule has 0 amide bonds. The van der Waals surface area contributed by atoms with Crippen LogP contribution in [0, 0.1) is 0 Å². The van der Waals surface area contributed by atoms with Gasteiger partial charge in [0.2, 0.25) is 0 Å². The van der Waals surface area contributed by atoms with Crippen molar-refractivity contribution in [3.05, 3.63) is 12.5 Å². The van der Waals surface area contributed by atoms with Gasteiger partial charge in [-0.25, -0.2) is 9.97 Å². The lowest BCUT2D eigenvalue weighted by molar-refractivity contribution is 0.713. The van der Waals surface area contributed by atoms with Crippen molar-refractivity contribution in [3.8, 4) is 0 Å². The van der Waals surface area contributed by atoms with Gasteiger partial charge in [0.15, 0.2) is 5.82 Å². The molecule has 14 heavy (non-hydrogen) atoms. The summed E-state index contributed by atoms with van der Waals surface area (Å²) in [5, 5.41) is 7.96. The molecule has 0 radical (unpaired) electrons. The molecule has 0 saturated heterocycles. The second-order valence-corrected chi connectivity index (χ2v) is 2.97. The summed E-state index contributed by atoms with van der Waals surface area (Å²) in [6.07, 6.45) is 6.39. The third-order valence-electron chi connectivity index (χ3n) is 1.76. The lowest BCUT2D eigenvalue weighted by Crippen LogP contribution is -1.90. The largest absolute Gasteiger partial charge is 0.382 e. The van der Waals surface area contributed by atoms with Crippen molar-refractivity contribution in [2.75, 3.05) is 12.3 Å². The molecule has 76 valence electrons. The molecule has 1 aromatic rings. The smallest absolute Gasteiger partial charge is 0.154 e. The lowest BCUT2D eigenvalue weighted by atomic mass is 10.3. The Morgan fingerprint density at radius 1 is 1.43 bits per heavy atom. The zero-order chi connectivity index (χ0) is 10.2. The highest BCUT2D eigenvalue weighted by molar-refractivity contribution is 5.53. The molecule has 0 fully saturated rings. The van der Waals surface area contributed by atoms with Crippen LogP contribution in [-0.2, 0) is 0 Å². The topological polar surface area (TPSA) is 76.5 Å². The van der Waals surface area contributed by atoms with E-state index in [2.05, 4.69) is 27.1 Å². The Kier molecular flexibility index (Phi) is 4.54.